The number of hydrogen-bond donors (Lipinski definition) is 1. The zero-order chi connectivity index (χ0) is 14.3. The smallest absolute Gasteiger partial charge is 0.0727 e. The van der Waals surface area contributed by atoms with Crippen LogP contribution in [0.15, 0.2) is 18.2 Å². The summed E-state index contributed by atoms with van der Waals surface area (Å²) >= 11 is 0. The molecule has 2 atom stereocenters. The van der Waals surface area contributed by atoms with Crippen LogP contribution in [-0.2, 0) is 11.2 Å². The number of likely N-dealkylation sites (N-methyl/N-ethyl adjacent to an activating group) is 1. The minimum Gasteiger partial charge on any atom is -0.380 e. The second kappa shape index (κ2) is 8.34. The van der Waals surface area contributed by atoms with Gasteiger partial charge in [0.2, 0.25) is 0 Å². The number of nitrogens with one attached hydrogen (secondary N) is 1. The van der Waals surface area contributed by atoms with Crippen LogP contribution in [0.5, 0.6) is 0 Å². The molecule has 0 aromatic heterocycles. The zero-order valence-corrected chi connectivity index (χ0v) is 13.1. The fraction of sp³-hybridized carbons (Fsp3) is 0.647. The average molecular weight is 263 g/mol. The third kappa shape index (κ3) is 4.63. The number of benzene rings is 1. The lowest BCUT2D eigenvalue weighted by Gasteiger charge is -2.28. The van der Waals surface area contributed by atoms with Crippen molar-refractivity contribution in [1.29, 1.82) is 0 Å². The molecule has 1 aromatic carbocycles. The molecular formula is C17H29NO. The Morgan fingerprint density at radius 3 is 2.26 bits per heavy atom. The predicted octanol–water partition coefficient (Wildman–Crippen LogP) is 3.64. The summed E-state index contributed by atoms with van der Waals surface area (Å²) in [4.78, 5) is 0. The van der Waals surface area contributed by atoms with E-state index < -0.39 is 0 Å². The van der Waals surface area contributed by atoms with Gasteiger partial charge in [-0.3, -0.25) is 0 Å². The highest BCUT2D eigenvalue weighted by atomic mass is 16.5. The van der Waals surface area contributed by atoms with Gasteiger partial charge in [0, 0.05) is 13.2 Å². The van der Waals surface area contributed by atoms with Crippen LogP contribution in [0.4, 0.5) is 0 Å². The molecule has 0 radical (unpaired) electrons. The van der Waals surface area contributed by atoms with E-state index in [4.69, 9.17) is 4.74 Å². The van der Waals surface area contributed by atoms with Crippen molar-refractivity contribution >= 4 is 0 Å². The Labute approximate surface area is 118 Å². The minimum atomic E-state index is 0.295. The molecule has 0 spiro atoms. The van der Waals surface area contributed by atoms with Gasteiger partial charge in [0.1, 0.15) is 0 Å². The maximum absolute atomic E-state index is 5.69. The van der Waals surface area contributed by atoms with Crippen LogP contribution in [0, 0.1) is 13.8 Å². The standard InChI is InChI=1S/C17H29NO/c1-6-9-17(19-5)16(18-7-2)12-15-13(3)10-8-11-14(15)4/h8,10-11,16-18H,6-7,9,12H2,1-5H3. The largest absolute Gasteiger partial charge is 0.380 e. The molecule has 0 bridgehead atoms. The van der Waals surface area contributed by atoms with E-state index in [0.717, 1.165) is 25.8 Å². The van der Waals surface area contributed by atoms with E-state index in [9.17, 15) is 0 Å². The summed E-state index contributed by atoms with van der Waals surface area (Å²) < 4.78 is 5.69. The fourth-order valence-electron chi connectivity index (χ4n) is 2.76. The Hall–Kier alpha value is -0.860. The molecule has 2 unspecified atom stereocenters. The number of hydrogen-bond acceptors (Lipinski definition) is 2. The maximum atomic E-state index is 5.69. The summed E-state index contributed by atoms with van der Waals surface area (Å²) in [5, 5.41) is 3.60. The van der Waals surface area contributed by atoms with Crippen LogP contribution in [0.25, 0.3) is 0 Å². The summed E-state index contributed by atoms with van der Waals surface area (Å²) in [6.07, 6.45) is 3.61. The molecule has 0 fully saturated rings. The van der Waals surface area contributed by atoms with Gasteiger partial charge in [-0.05, 0) is 49.9 Å². The number of rotatable bonds is 8. The molecule has 0 aliphatic heterocycles. The van der Waals surface area contributed by atoms with Gasteiger partial charge in [0.15, 0.2) is 0 Å². The second-order valence-electron chi connectivity index (χ2n) is 5.30. The molecule has 108 valence electrons. The van der Waals surface area contributed by atoms with Crippen LogP contribution in [0.1, 0.15) is 43.4 Å². The van der Waals surface area contributed by atoms with Crippen molar-refractivity contribution in [3.63, 3.8) is 0 Å². The number of methoxy groups -OCH3 is 1. The van der Waals surface area contributed by atoms with Gasteiger partial charge in [-0.25, -0.2) is 0 Å². The molecule has 19 heavy (non-hydrogen) atoms. The van der Waals surface area contributed by atoms with Gasteiger partial charge in [0.25, 0.3) is 0 Å². The van der Waals surface area contributed by atoms with Gasteiger partial charge in [-0.1, -0.05) is 38.5 Å². The van der Waals surface area contributed by atoms with Crippen molar-refractivity contribution in [3.05, 3.63) is 34.9 Å². The summed E-state index contributed by atoms with van der Waals surface area (Å²) in [7, 11) is 1.83. The SMILES string of the molecule is CCCC(OC)C(Cc1c(C)cccc1C)NCC. The summed E-state index contributed by atoms with van der Waals surface area (Å²) in [6.45, 7) is 9.77. The van der Waals surface area contributed by atoms with E-state index >= 15 is 0 Å². The van der Waals surface area contributed by atoms with E-state index in [1.54, 1.807) is 0 Å². The lowest BCUT2D eigenvalue weighted by molar-refractivity contribution is 0.0613. The van der Waals surface area contributed by atoms with Crippen molar-refractivity contribution in [2.24, 2.45) is 0 Å². The number of aryl methyl sites for hydroxylation is 2. The highest BCUT2D eigenvalue weighted by Gasteiger charge is 2.21. The van der Waals surface area contributed by atoms with Crippen molar-refractivity contribution in [1.82, 2.24) is 5.32 Å². The molecule has 1 N–H and O–H groups in total. The lowest BCUT2D eigenvalue weighted by atomic mass is 9.92. The molecule has 2 heteroatoms. The van der Waals surface area contributed by atoms with E-state index in [-0.39, 0.29) is 0 Å². The van der Waals surface area contributed by atoms with Crippen molar-refractivity contribution in [2.45, 2.75) is 59.1 Å². The highest BCUT2D eigenvalue weighted by molar-refractivity contribution is 5.34. The second-order valence-corrected chi connectivity index (χ2v) is 5.30. The third-order valence-electron chi connectivity index (χ3n) is 3.86. The van der Waals surface area contributed by atoms with E-state index in [1.165, 1.54) is 16.7 Å². The first kappa shape index (κ1) is 16.2. The minimum absolute atomic E-state index is 0.295. The highest BCUT2D eigenvalue weighted by Crippen LogP contribution is 2.18. The van der Waals surface area contributed by atoms with Crippen molar-refractivity contribution in [2.75, 3.05) is 13.7 Å². The van der Waals surface area contributed by atoms with Crippen molar-refractivity contribution < 1.29 is 4.74 Å². The van der Waals surface area contributed by atoms with Gasteiger partial charge in [-0.15, -0.1) is 0 Å². The maximum Gasteiger partial charge on any atom is 0.0727 e. The molecule has 1 rings (SSSR count). The van der Waals surface area contributed by atoms with Gasteiger partial charge in [-0.2, -0.15) is 0 Å². The molecular weight excluding hydrogens is 234 g/mol. The molecule has 0 amide bonds. The monoisotopic (exact) mass is 263 g/mol. The molecule has 0 aliphatic carbocycles. The average Bonchev–Trinajstić information content (AvgIpc) is 2.39. The Kier molecular flexibility index (Phi) is 7.11. The van der Waals surface area contributed by atoms with Gasteiger partial charge < -0.3 is 10.1 Å². The molecule has 1 aromatic rings. The quantitative estimate of drug-likeness (QED) is 0.773. The zero-order valence-electron chi connectivity index (χ0n) is 13.1. The third-order valence-corrected chi connectivity index (χ3v) is 3.86. The first-order valence-corrected chi connectivity index (χ1v) is 7.45. The first-order valence-electron chi connectivity index (χ1n) is 7.45. The van der Waals surface area contributed by atoms with Crippen molar-refractivity contribution in [3.8, 4) is 0 Å². The van der Waals surface area contributed by atoms with E-state index in [2.05, 4.69) is 51.2 Å². The molecule has 0 aliphatic rings. The molecule has 0 saturated carbocycles. The normalized spacial score (nSPS) is 14.4. The van der Waals surface area contributed by atoms with Gasteiger partial charge >= 0.3 is 0 Å². The van der Waals surface area contributed by atoms with Crippen LogP contribution in [0.3, 0.4) is 0 Å². The molecule has 2 nitrogen and oxygen atoms in total. The Morgan fingerprint density at radius 1 is 1.16 bits per heavy atom. The fourth-order valence-corrected chi connectivity index (χ4v) is 2.76. The van der Waals surface area contributed by atoms with Crippen LogP contribution in [-0.4, -0.2) is 25.8 Å². The summed E-state index contributed by atoms with van der Waals surface area (Å²) in [5.74, 6) is 0. The summed E-state index contributed by atoms with van der Waals surface area (Å²) in [6, 6.07) is 6.94. The predicted molar refractivity (Wildman–Crippen MR) is 82.8 cm³/mol. The first-order chi connectivity index (χ1) is 9.13. The van der Waals surface area contributed by atoms with E-state index in [0.29, 0.717) is 12.1 Å². The Morgan fingerprint density at radius 2 is 1.79 bits per heavy atom. The molecule has 0 heterocycles. The Balaban J connectivity index is 2.88. The van der Waals surface area contributed by atoms with Crippen LogP contribution in [0.2, 0.25) is 0 Å². The summed E-state index contributed by atoms with van der Waals surface area (Å²) in [5.41, 5.74) is 4.23. The number of ether oxygens (including phenoxy) is 1. The Bertz CT molecular complexity index is 355. The van der Waals surface area contributed by atoms with Gasteiger partial charge in [0.05, 0.1) is 6.10 Å². The van der Waals surface area contributed by atoms with E-state index in [1.807, 2.05) is 7.11 Å². The molecule has 0 saturated heterocycles. The lowest BCUT2D eigenvalue weighted by Crippen LogP contribution is -2.42. The topological polar surface area (TPSA) is 21.3 Å². The van der Waals surface area contributed by atoms with Crippen LogP contribution < -0.4 is 5.32 Å². The van der Waals surface area contributed by atoms with Crippen LogP contribution >= 0.6 is 0 Å².